The SMILES string of the molecule is CC(C)(CCN)CNc1ncc(Cl)cc1Br. The third-order valence-electron chi connectivity index (χ3n) is 2.36. The largest absolute Gasteiger partial charge is 0.369 e. The molecule has 0 saturated heterocycles. The Morgan fingerprint density at radius 1 is 1.56 bits per heavy atom. The summed E-state index contributed by atoms with van der Waals surface area (Å²) in [5, 5.41) is 3.92. The molecule has 0 aliphatic carbocycles. The van der Waals surface area contributed by atoms with Gasteiger partial charge in [-0.2, -0.15) is 0 Å². The molecule has 1 aromatic heterocycles. The zero-order chi connectivity index (χ0) is 12.2. The Kier molecular flexibility index (Phi) is 5.02. The average Bonchev–Trinajstić information content (AvgIpc) is 2.16. The van der Waals surface area contributed by atoms with Crippen LogP contribution in [0.4, 0.5) is 5.82 Å². The van der Waals surface area contributed by atoms with Gasteiger partial charge in [-0.25, -0.2) is 4.98 Å². The molecule has 0 atom stereocenters. The maximum absolute atomic E-state index is 5.82. The number of rotatable bonds is 5. The van der Waals surface area contributed by atoms with Crippen LogP contribution in [0.25, 0.3) is 0 Å². The molecule has 0 fully saturated rings. The summed E-state index contributed by atoms with van der Waals surface area (Å²) in [5.74, 6) is 0.814. The number of hydrogen-bond donors (Lipinski definition) is 2. The molecule has 3 nitrogen and oxygen atoms in total. The molecular weight excluding hydrogens is 289 g/mol. The Hall–Kier alpha value is -0.320. The van der Waals surface area contributed by atoms with Gasteiger partial charge in [0.1, 0.15) is 5.82 Å². The smallest absolute Gasteiger partial charge is 0.140 e. The molecule has 0 bridgehead atoms. The van der Waals surface area contributed by atoms with Crippen LogP contribution in [-0.2, 0) is 0 Å². The predicted molar refractivity (Wildman–Crippen MR) is 72.9 cm³/mol. The van der Waals surface area contributed by atoms with Crippen molar-refractivity contribution >= 4 is 33.3 Å². The Bertz CT molecular complexity index is 355. The third-order valence-corrected chi connectivity index (χ3v) is 3.17. The molecule has 90 valence electrons. The van der Waals surface area contributed by atoms with Crippen molar-refractivity contribution in [1.29, 1.82) is 0 Å². The van der Waals surface area contributed by atoms with Gasteiger partial charge in [0.25, 0.3) is 0 Å². The molecule has 0 saturated carbocycles. The van der Waals surface area contributed by atoms with Crippen LogP contribution in [-0.4, -0.2) is 18.1 Å². The fraction of sp³-hybridized carbons (Fsp3) is 0.545. The van der Waals surface area contributed by atoms with Crippen molar-refractivity contribution in [2.45, 2.75) is 20.3 Å². The number of nitrogens with two attached hydrogens (primary N) is 1. The number of hydrogen-bond acceptors (Lipinski definition) is 3. The van der Waals surface area contributed by atoms with E-state index in [1.807, 2.05) is 6.07 Å². The minimum absolute atomic E-state index is 0.162. The summed E-state index contributed by atoms with van der Waals surface area (Å²) in [6, 6.07) is 1.83. The first-order chi connectivity index (χ1) is 7.44. The molecule has 1 aromatic rings. The van der Waals surface area contributed by atoms with Crippen molar-refractivity contribution in [2.75, 3.05) is 18.4 Å². The fourth-order valence-electron chi connectivity index (χ4n) is 1.35. The van der Waals surface area contributed by atoms with Crippen molar-refractivity contribution in [2.24, 2.45) is 11.1 Å². The number of anilines is 1. The second-order valence-electron chi connectivity index (χ2n) is 4.54. The van der Waals surface area contributed by atoms with Gasteiger partial charge in [-0.05, 0) is 40.4 Å². The minimum atomic E-state index is 0.162. The lowest BCUT2D eigenvalue weighted by molar-refractivity contribution is 0.365. The highest BCUT2D eigenvalue weighted by molar-refractivity contribution is 9.10. The molecule has 0 spiro atoms. The van der Waals surface area contributed by atoms with Gasteiger partial charge in [-0.15, -0.1) is 0 Å². The molecule has 0 unspecified atom stereocenters. The third kappa shape index (κ3) is 4.28. The van der Waals surface area contributed by atoms with E-state index < -0.39 is 0 Å². The zero-order valence-electron chi connectivity index (χ0n) is 9.56. The summed E-state index contributed by atoms with van der Waals surface area (Å²) in [6.45, 7) is 5.88. The van der Waals surface area contributed by atoms with Gasteiger partial charge in [0.2, 0.25) is 0 Å². The molecule has 3 N–H and O–H groups in total. The Morgan fingerprint density at radius 3 is 2.81 bits per heavy atom. The molecular formula is C11H17BrClN3. The van der Waals surface area contributed by atoms with Gasteiger partial charge < -0.3 is 11.1 Å². The first kappa shape index (κ1) is 13.7. The van der Waals surface area contributed by atoms with Crippen molar-refractivity contribution in [1.82, 2.24) is 4.98 Å². The van der Waals surface area contributed by atoms with Gasteiger partial charge in [0, 0.05) is 12.7 Å². The second kappa shape index (κ2) is 5.84. The minimum Gasteiger partial charge on any atom is -0.369 e. The predicted octanol–water partition coefficient (Wildman–Crippen LogP) is 3.28. The van der Waals surface area contributed by atoms with E-state index in [1.54, 1.807) is 6.20 Å². The molecule has 16 heavy (non-hydrogen) atoms. The van der Waals surface area contributed by atoms with E-state index in [0.717, 1.165) is 23.3 Å². The van der Waals surface area contributed by atoms with Gasteiger partial charge >= 0.3 is 0 Å². The lowest BCUT2D eigenvalue weighted by Gasteiger charge is -2.24. The summed E-state index contributed by atoms with van der Waals surface area (Å²) < 4.78 is 0.878. The zero-order valence-corrected chi connectivity index (χ0v) is 11.9. The highest BCUT2D eigenvalue weighted by Crippen LogP contribution is 2.25. The summed E-state index contributed by atoms with van der Waals surface area (Å²) in [6.07, 6.45) is 2.61. The number of nitrogens with zero attached hydrogens (tertiary/aromatic N) is 1. The Labute approximate surface area is 110 Å². The van der Waals surface area contributed by atoms with E-state index in [0.29, 0.717) is 11.6 Å². The highest BCUT2D eigenvalue weighted by Gasteiger charge is 2.17. The molecule has 1 heterocycles. The number of nitrogens with one attached hydrogen (secondary N) is 1. The number of aromatic nitrogens is 1. The van der Waals surface area contributed by atoms with Gasteiger partial charge in [0.15, 0.2) is 0 Å². The maximum atomic E-state index is 5.82. The molecule has 1 rings (SSSR count). The highest BCUT2D eigenvalue weighted by atomic mass is 79.9. The maximum Gasteiger partial charge on any atom is 0.140 e. The van der Waals surface area contributed by atoms with Crippen LogP contribution in [0.1, 0.15) is 20.3 Å². The van der Waals surface area contributed by atoms with E-state index in [4.69, 9.17) is 17.3 Å². The van der Waals surface area contributed by atoms with Crippen LogP contribution < -0.4 is 11.1 Å². The van der Waals surface area contributed by atoms with Crippen LogP contribution >= 0.6 is 27.5 Å². The van der Waals surface area contributed by atoms with E-state index in [2.05, 4.69) is 40.1 Å². The van der Waals surface area contributed by atoms with E-state index in [-0.39, 0.29) is 5.41 Å². The van der Waals surface area contributed by atoms with Crippen molar-refractivity contribution < 1.29 is 0 Å². The molecule has 0 amide bonds. The lowest BCUT2D eigenvalue weighted by Crippen LogP contribution is -2.26. The normalized spacial score (nSPS) is 11.6. The molecule has 0 radical (unpaired) electrons. The number of halogens is 2. The fourth-order valence-corrected chi connectivity index (χ4v) is 2.13. The van der Waals surface area contributed by atoms with Crippen LogP contribution in [0.2, 0.25) is 5.02 Å². The Balaban J connectivity index is 2.61. The van der Waals surface area contributed by atoms with Gasteiger partial charge in [-0.1, -0.05) is 25.4 Å². The molecule has 0 aliphatic rings. The molecule has 0 aliphatic heterocycles. The van der Waals surface area contributed by atoms with E-state index >= 15 is 0 Å². The standard InChI is InChI=1S/C11H17BrClN3/c1-11(2,3-4-14)7-16-10-9(12)5-8(13)6-15-10/h5-6H,3-4,7,14H2,1-2H3,(H,15,16). The van der Waals surface area contributed by atoms with E-state index in [1.165, 1.54) is 0 Å². The van der Waals surface area contributed by atoms with Crippen LogP contribution in [0.3, 0.4) is 0 Å². The first-order valence-corrected chi connectivity index (χ1v) is 6.37. The van der Waals surface area contributed by atoms with Gasteiger partial charge in [0.05, 0.1) is 9.50 Å². The van der Waals surface area contributed by atoms with Crippen LogP contribution in [0, 0.1) is 5.41 Å². The molecule has 5 heteroatoms. The number of pyridine rings is 1. The second-order valence-corrected chi connectivity index (χ2v) is 5.83. The van der Waals surface area contributed by atoms with Crippen molar-refractivity contribution in [3.8, 4) is 0 Å². The summed E-state index contributed by atoms with van der Waals surface area (Å²) in [7, 11) is 0. The topological polar surface area (TPSA) is 50.9 Å². The Morgan fingerprint density at radius 2 is 2.25 bits per heavy atom. The summed E-state index contributed by atoms with van der Waals surface area (Å²) in [5.41, 5.74) is 5.73. The van der Waals surface area contributed by atoms with Crippen LogP contribution in [0.5, 0.6) is 0 Å². The first-order valence-electron chi connectivity index (χ1n) is 5.19. The van der Waals surface area contributed by atoms with Crippen molar-refractivity contribution in [3.05, 3.63) is 21.8 Å². The quantitative estimate of drug-likeness (QED) is 0.877. The summed E-state index contributed by atoms with van der Waals surface area (Å²) >= 11 is 9.24. The van der Waals surface area contributed by atoms with Crippen LogP contribution in [0.15, 0.2) is 16.7 Å². The average molecular weight is 307 g/mol. The summed E-state index contributed by atoms with van der Waals surface area (Å²) in [4.78, 5) is 4.22. The van der Waals surface area contributed by atoms with Crippen molar-refractivity contribution in [3.63, 3.8) is 0 Å². The lowest BCUT2D eigenvalue weighted by atomic mass is 9.89. The van der Waals surface area contributed by atoms with E-state index in [9.17, 15) is 0 Å². The molecule has 0 aromatic carbocycles. The van der Waals surface area contributed by atoms with Gasteiger partial charge in [-0.3, -0.25) is 0 Å². The monoisotopic (exact) mass is 305 g/mol.